The van der Waals surface area contributed by atoms with Crippen molar-refractivity contribution in [1.29, 1.82) is 0 Å². The Morgan fingerprint density at radius 3 is 2.83 bits per heavy atom. The van der Waals surface area contributed by atoms with Crippen LogP contribution in [0.15, 0.2) is 53.5 Å². The van der Waals surface area contributed by atoms with Crippen LogP contribution in [0, 0.1) is 0 Å². The van der Waals surface area contributed by atoms with E-state index >= 15 is 0 Å². The highest BCUT2D eigenvalue weighted by Crippen LogP contribution is 2.19. The number of rotatable bonds is 4. The fourth-order valence-corrected chi connectivity index (χ4v) is 1.75. The largest absolute Gasteiger partial charge is 0.497 e. The van der Waals surface area contributed by atoms with Crippen LogP contribution in [-0.4, -0.2) is 16.8 Å². The van der Waals surface area contributed by atoms with E-state index in [-0.39, 0.29) is 12.1 Å². The standard InChI is InChI=1S/C14H15NO3/c1-18-12-6-4-5-11(9-12)13(16)10-15-8-3-2-7-14(15)17/h2-9,13,16H,10H2,1H3. The Hall–Kier alpha value is -2.07. The number of pyridine rings is 1. The smallest absolute Gasteiger partial charge is 0.250 e. The zero-order valence-electron chi connectivity index (χ0n) is 10.1. The summed E-state index contributed by atoms with van der Waals surface area (Å²) < 4.78 is 6.58. The van der Waals surface area contributed by atoms with E-state index < -0.39 is 6.10 Å². The molecule has 1 N–H and O–H groups in total. The summed E-state index contributed by atoms with van der Waals surface area (Å²) in [5, 5.41) is 10.1. The summed E-state index contributed by atoms with van der Waals surface area (Å²) in [4.78, 5) is 11.5. The Labute approximate surface area is 105 Å². The molecule has 1 heterocycles. The highest BCUT2D eigenvalue weighted by Gasteiger charge is 2.09. The Morgan fingerprint density at radius 1 is 1.28 bits per heavy atom. The molecule has 18 heavy (non-hydrogen) atoms. The van der Waals surface area contributed by atoms with Crippen LogP contribution in [0.25, 0.3) is 0 Å². The van der Waals surface area contributed by atoms with Crippen LogP contribution in [0.5, 0.6) is 5.75 Å². The molecule has 1 aromatic carbocycles. The van der Waals surface area contributed by atoms with Crippen LogP contribution >= 0.6 is 0 Å². The van der Waals surface area contributed by atoms with Gasteiger partial charge in [0, 0.05) is 12.3 Å². The van der Waals surface area contributed by atoms with Gasteiger partial charge >= 0.3 is 0 Å². The molecule has 0 saturated heterocycles. The van der Waals surface area contributed by atoms with Crippen molar-refractivity contribution in [3.8, 4) is 5.75 Å². The van der Waals surface area contributed by atoms with Crippen LogP contribution in [0.3, 0.4) is 0 Å². The summed E-state index contributed by atoms with van der Waals surface area (Å²) in [6, 6.07) is 12.1. The Balaban J connectivity index is 2.19. The molecular formula is C14H15NO3. The lowest BCUT2D eigenvalue weighted by Gasteiger charge is -2.13. The van der Waals surface area contributed by atoms with Gasteiger partial charge in [-0.2, -0.15) is 0 Å². The predicted octanol–water partition coefficient (Wildman–Crippen LogP) is 1.59. The SMILES string of the molecule is COc1cccc(C(O)Cn2ccccc2=O)c1. The second-order valence-corrected chi connectivity index (χ2v) is 3.98. The van der Waals surface area contributed by atoms with Crippen LogP contribution in [0.4, 0.5) is 0 Å². The molecule has 0 aliphatic carbocycles. The summed E-state index contributed by atoms with van der Waals surface area (Å²) in [6.07, 6.45) is 0.923. The second kappa shape index (κ2) is 5.51. The molecule has 1 aromatic heterocycles. The van der Waals surface area contributed by atoms with Gasteiger partial charge in [0.1, 0.15) is 5.75 Å². The molecule has 1 atom stereocenters. The summed E-state index contributed by atoms with van der Waals surface area (Å²) in [6.45, 7) is 0.229. The van der Waals surface area contributed by atoms with Crippen molar-refractivity contribution in [2.45, 2.75) is 12.6 Å². The predicted molar refractivity (Wildman–Crippen MR) is 68.7 cm³/mol. The highest BCUT2D eigenvalue weighted by atomic mass is 16.5. The number of aliphatic hydroxyl groups is 1. The molecule has 2 rings (SSSR count). The molecule has 0 aliphatic rings. The van der Waals surface area contributed by atoms with Crippen LogP contribution < -0.4 is 10.3 Å². The zero-order chi connectivity index (χ0) is 13.0. The summed E-state index contributed by atoms with van der Waals surface area (Å²) >= 11 is 0. The first kappa shape index (κ1) is 12.4. The first-order valence-electron chi connectivity index (χ1n) is 5.68. The van der Waals surface area contributed by atoms with Gasteiger partial charge in [0.15, 0.2) is 0 Å². The van der Waals surface area contributed by atoms with Crippen LogP contribution in [0.1, 0.15) is 11.7 Å². The normalized spacial score (nSPS) is 12.1. The lowest BCUT2D eigenvalue weighted by atomic mass is 10.1. The van der Waals surface area contributed by atoms with Gasteiger partial charge in [-0.25, -0.2) is 0 Å². The molecule has 0 fully saturated rings. The van der Waals surface area contributed by atoms with Gasteiger partial charge in [0.2, 0.25) is 0 Å². The number of aromatic nitrogens is 1. The van der Waals surface area contributed by atoms with Crippen molar-refractivity contribution in [2.75, 3.05) is 7.11 Å². The summed E-state index contributed by atoms with van der Waals surface area (Å²) in [7, 11) is 1.58. The van der Waals surface area contributed by atoms with Gasteiger partial charge < -0.3 is 14.4 Å². The van der Waals surface area contributed by atoms with Crippen LogP contribution in [0.2, 0.25) is 0 Å². The van der Waals surface area contributed by atoms with Crippen molar-refractivity contribution in [1.82, 2.24) is 4.57 Å². The lowest BCUT2D eigenvalue weighted by Crippen LogP contribution is -2.21. The average Bonchev–Trinajstić information content (AvgIpc) is 2.41. The van der Waals surface area contributed by atoms with Gasteiger partial charge in [-0.3, -0.25) is 4.79 Å². The maximum atomic E-state index is 11.5. The minimum absolute atomic E-state index is 0.126. The first-order chi connectivity index (χ1) is 8.70. The molecule has 4 heteroatoms. The maximum absolute atomic E-state index is 11.5. The Morgan fingerprint density at radius 2 is 2.11 bits per heavy atom. The zero-order valence-corrected chi connectivity index (χ0v) is 10.1. The van der Waals surface area contributed by atoms with E-state index in [9.17, 15) is 9.90 Å². The van der Waals surface area contributed by atoms with E-state index in [1.54, 1.807) is 37.6 Å². The van der Waals surface area contributed by atoms with Crippen molar-refractivity contribution in [2.24, 2.45) is 0 Å². The topological polar surface area (TPSA) is 51.5 Å². The Kier molecular flexibility index (Phi) is 3.79. The minimum atomic E-state index is -0.736. The quantitative estimate of drug-likeness (QED) is 0.890. The number of hydrogen-bond donors (Lipinski definition) is 1. The fraction of sp³-hybridized carbons (Fsp3) is 0.214. The average molecular weight is 245 g/mol. The summed E-state index contributed by atoms with van der Waals surface area (Å²) in [5.74, 6) is 0.687. The lowest BCUT2D eigenvalue weighted by molar-refractivity contribution is 0.154. The molecule has 94 valence electrons. The van der Waals surface area contributed by atoms with Gasteiger partial charge in [-0.15, -0.1) is 0 Å². The second-order valence-electron chi connectivity index (χ2n) is 3.98. The van der Waals surface area contributed by atoms with Crippen molar-refractivity contribution < 1.29 is 9.84 Å². The van der Waals surface area contributed by atoms with E-state index in [1.165, 1.54) is 10.6 Å². The van der Waals surface area contributed by atoms with E-state index in [0.717, 1.165) is 5.56 Å². The van der Waals surface area contributed by atoms with Crippen LogP contribution in [-0.2, 0) is 6.54 Å². The number of benzene rings is 1. The van der Waals surface area contributed by atoms with Gasteiger partial charge in [-0.05, 0) is 23.8 Å². The molecular weight excluding hydrogens is 230 g/mol. The molecule has 0 aliphatic heterocycles. The molecule has 0 amide bonds. The van der Waals surface area contributed by atoms with Crippen molar-refractivity contribution in [3.63, 3.8) is 0 Å². The molecule has 0 radical (unpaired) electrons. The number of hydrogen-bond acceptors (Lipinski definition) is 3. The maximum Gasteiger partial charge on any atom is 0.250 e. The summed E-state index contributed by atoms with van der Waals surface area (Å²) in [5.41, 5.74) is 0.601. The molecule has 2 aromatic rings. The van der Waals surface area contributed by atoms with Crippen molar-refractivity contribution >= 4 is 0 Å². The minimum Gasteiger partial charge on any atom is -0.497 e. The van der Waals surface area contributed by atoms with E-state index in [4.69, 9.17) is 4.74 Å². The molecule has 0 bridgehead atoms. The highest BCUT2D eigenvalue weighted by molar-refractivity contribution is 5.29. The monoisotopic (exact) mass is 245 g/mol. The third kappa shape index (κ3) is 2.78. The third-order valence-corrected chi connectivity index (χ3v) is 2.75. The molecule has 1 unspecified atom stereocenters. The molecule has 0 saturated carbocycles. The van der Waals surface area contributed by atoms with E-state index in [1.807, 2.05) is 12.1 Å². The first-order valence-corrected chi connectivity index (χ1v) is 5.68. The van der Waals surface area contributed by atoms with Gasteiger partial charge in [-0.1, -0.05) is 18.2 Å². The van der Waals surface area contributed by atoms with E-state index in [0.29, 0.717) is 5.75 Å². The number of ether oxygens (including phenoxy) is 1. The van der Waals surface area contributed by atoms with Gasteiger partial charge in [0.05, 0.1) is 19.8 Å². The van der Waals surface area contributed by atoms with E-state index in [2.05, 4.69) is 0 Å². The Bertz CT molecular complexity index is 577. The fourth-order valence-electron chi connectivity index (χ4n) is 1.75. The van der Waals surface area contributed by atoms with Gasteiger partial charge in [0.25, 0.3) is 5.56 Å². The number of methoxy groups -OCH3 is 1. The number of aliphatic hydroxyl groups excluding tert-OH is 1. The molecule has 4 nitrogen and oxygen atoms in total. The number of nitrogens with zero attached hydrogens (tertiary/aromatic N) is 1. The van der Waals surface area contributed by atoms with Crippen molar-refractivity contribution in [3.05, 3.63) is 64.6 Å². The third-order valence-electron chi connectivity index (χ3n) is 2.75. The molecule has 0 spiro atoms.